The summed E-state index contributed by atoms with van der Waals surface area (Å²) in [6, 6.07) is 7.00. The highest BCUT2D eigenvalue weighted by Gasteiger charge is 2.28. The lowest BCUT2D eigenvalue weighted by Crippen LogP contribution is -2.18. The summed E-state index contributed by atoms with van der Waals surface area (Å²) in [5.74, 6) is -0.576. The molecule has 1 rings (SSSR count). The van der Waals surface area contributed by atoms with Crippen LogP contribution in [0.2, 0.25) is 0 Å². The van der Waals surface area contributed by atoms with Crippen molar-refractivity contribution in [3.05, 3.63) is 29.8 Å². The third kappa shape index (κ3) is 7.30. The Kier molecular flexibility index (Phi) is 5.62. The second-order valence-corrected chi connectivity index (χ2v) is 3.76. The van der Waals surface area contributed by atoms with E-state index in [0.29, 0.717) is 12.1 Å². The quantitative estimate of drug-likeness (QED) is 0.492. The van der Waals surface area contributed by atoms with Gasteiger partial charge in [-0.25, -0.2) is 0 Å². The summed E-state index contributed by atoms with van der Waals surface area (Å²) in [6.45, 7) is -1.12. The minimum Gasteiger partial charge on any atom is -0.463 e. The molecule has 0 amide bonds. The maximum absolute atomic E-state index is 11.6. The zero-order valence-electron chi connectivity index (χ0n) is 10.1. The molecule has 1 aromatic carbocycles. The number of nitrogens with two attached hydrogens (primary N) is 1. The highest BCUT2D eigenvalue weighted by Crippen LogP contribution is 2.15. The van der Waals surface area contributed by atoms with Crippen LogP contribution in [0, 0.1) is 0 Å². The van der Waals surface area contributed by atoms with Gasteiger partial charge in [0.15, 0.2) is 0 Å². The predicted octanol–water partition coefficient (Wildman–Crippen LogP) is 2.28. The fraction of sp³-hybridized carbons (Fsp3) is 0.417. The van der Waals surface area contributed by atoms with Crippen LogP contribution in [0.3, 0.4) is 0 Å². The topological polar surface area (TPSA) is 61.6 Å². The Hall–Kier alpha value is -1.76. The number of hydrogen-bond acceptors (Lipinski definition) is 4. The summed E-state index contributed by atoms with van der Waals surface area (Å²) < 4.78 is 42.9. The smallest absolute Gasteiger partial charge is 0.463 e. The first-order valence-electron chi connectivity index (χ1n) is 5.57. The van der Waals surface area contributed by atoms with Crippen molar-refractivity contribution in [3.63, 3.8) is 0 Å². The lowest BCUT2D eigenvalue weighted by atomic mass is 10.1. The van der Waals surface area contributed by atoms with Crippen molar-refractivity contribution in [1.82, 2.24) is 0 Å². The Bertz CT molecular complexity index is 421. The van der Waals surface area contributed by atoms with Crippen molar-refractivity contribution in [3.8, 4) is 0 Å². The lowest BCUT2D eigenvalue weighted by Gasteiger charge is -2.08. The van der Waals surface area contributed by atoms with Crippen LogP contribution in [0.4, 0.5) is 18.9 Å². The minimum atomic E-state index is -4.70. The van der Waals surface area contributed by atoms with Crippen molar-refractivity contribution >= 4 is 11.7 Å². The fourth-order valence-corrected chi connectivity index (χ4v) is 1.38. The number of alkyl halides is 3. The molecule has 7 heteroatoms. The highest BCUT2D eigenvalue weighted by molar-refractivity contribution is 5.69. The lowest BCUT2D eigenvalue weighted by molar-refractivity contribution is -0.326. The zero-order valence-corrected chi connectivity index (χ0v) is 10.1. The van der Waals surface area contributed by atoms with Gasteiger partial charge in [0.05, 0.1) is 6.61 Å². The van der Waals surface area contributed by atoms with E-state index in [2.05, 4.69) is 9.47 Å². The molecule has 4 nitrogen and oxygen atoms in total. The Morgan fingerprint density at radius 1 is 1.26 bits per heavy atom. The van der Waals surface area contributed by atoms with E-state index < -0.39 is 25.5 Å². The van der Waals surface area contributed by atoms with Gasteiger partial charge in [0.2, 0.25) is 0 Å². The predicted molar refractivity (Wildman–Crippen MR) is 62.1 cm³/mol. The van der Waals surface area contributed by atoms with Crippen molar-refractivity contribution in [2.24, 2.45) is 0 Å². The molecule has 0 atom stereocenters. The molecule has 0 radical (unpaired) electrons. The molecule has 19 heavy (non-hydrogen) atoms. The number of halogens is 3. The maximum Gasteiger partial charge on any atom is 0.522 e. The number of hydrogen-bond donors (Lipinski definition) is 1. The molecule has 106 valence electrons. The molecule has 0 heterocycles. The first kappa shape index (κ1) is 15.3. The molecule has 0 saturated carbocycles. The second kappa shape index (κ2) is 6.98. The Balaban J connectivity index is 2.18. The third-order valence-corrected chi connectivity index (χ3v) is 2.18. The van der Waals surface area contributed by atoms with Crippen LogP contribution in [-0.2, 0) is 20.7 Å². The van der Waals surface area contributed by atoms with Crippen molar-refractivity contribution in [1.29, 1.82) is 0 Å². The van der Waals surface area contributed by atoms with Crippen LogP contribution in [0.5, 0.6) is 0 Å². The van der Waals surface area contributed by atoms with E-state index in [1.807, 2.05) is 0 Å². The minimum absolute atomic E-state index is 0.0788. The van der Waals surface area contributed by atoms with Crippen molar-refractivity contribution in [2.75, 3.05) is 18.9 Å². The average molecular weight is 277 g/mol. The number of nitrogen functional groups attached to an aromatic ring is 1. The SMILES string of the molecule is Nc1cccc(CCC(=O)OCCOC(F)(F)F)c1. The number of rotatable bonds is 6. The second-order valence-electron chi connectivity index (χ2n) is 3.76. The number of esters is 1. The van der Waals surface area contributed by atoms with Gasteiger partial charge in [0, 0.05) is 12.1 Å². The highest BCUT2D eigenvalue weighted by atomic mass is 19.4. The normalized spacial score (nSPS) is 11.3. The largest absolute Gasteiger partial charge is 0.522 e. The average Bonchev–Trinajstić information content (AvgIpc) is 2.31. The van der Waals surface area contributed by atoms with E-state index >= 15 is 0 Å². The van der Waals surface area contributed by atoms with E-state index in [0.717, 1.165) is 5.56 Å². The Labute approximate surface area is 108 Å². The summed E-state index contributed by atoms with van der Waals surface area (Å²) in [4.78, 5) is 11.2. The van der Waals surface area contributed by atoms with Gasteiger partial charge in [-0.2, -0.15) is 0 Å². The van der Waals surface area contributed by atoms with Gasteiger partial charge in [-0.05, 0) is 24.1 Å². The number of carbonyl (C=O) groups is 1. The standard InChI is InChI=1S/C12H14F3NO3/c13-12(14,15)19-7-6-18-11(17)5-4-9-2-1-3-10(16)8-9/h1-3,8H,4-7,16H2. The fourth-order valence-electron chi connectivity index (χ4n) is 1.38. The van der Waals surface area contributed by atoms with Gasteiger partial charge in [0.25, 0.3) is 0 Å². The number of benzene rings is 1. The first-order chi connectivity index (χ1) is 8.87. The third-order valence-electron chi connectivity index (χ3n) is 2.18. The molecule has 1 aromatic rings. The van der Waals surface area contributed by atoms with Gasteiger partial charge < -0.3 is 10.5 Å². The molecule has 0 aliphatic heterocycles. The molecule has 0 fully saturated rings. The summed E-state index contributed by atoms with van der Waals surface area (Å²) in [6.07, 6.45) is -4.20. The molecular formula is C12H14F3NO3. The van der Waals surface area contributed by atoms with Gasteiger partial charge in [-0.1, -0.05) is 12.1 Å². The van der Waals surface area contributed by atoms with E-state index in [-0.39, 0.29) is 6.42 Å². The van der Waals surface area contributed by atoms with Crippen LogP contribution in [0.25, 0.3) is 0 Å². The molecule has 0 unspecified atom stereocenters. The molecule has 0 bridgehead atoms. The Morgan fingerprint density at radius 2 is 2.00 bits per heavy atom. The molecule has 0 aromatic heterocycles. The van der Waals surface area contributed by atoms with E-state index in [9.17, 15) is 18.0 Å². The van der Waals surface area contributed by atoms with Gasteiger partial charge >= 0.3 is 12.3 Å². The van der Waals surface area contributed by atoms with Crippen molar-refractivity contribution in [2.45, 2.75) is 19.2 Å². The molecule has 0 aliphatic carbocycles. The van der Waals surface area contributed by atoms with Crippen LogP contribution < -0.4 is 5.73 Å². The number of anilines is 1. The molecule has 0 saturated heterocycles. The molecule has 0 aliphatic rings. The summed E-state index contributed by atoms with van der Waals surface area (Å²) in [5, 5.41) is 0. The summed E-state index contributed by atoms with van der Waals surface area (Å²) >= 11 is 0. The number of aryl methyl sites for hydroxylation is 1. The van der Waals surface area contributed by atoms with Crippen LogP contribution in [0.15, 0.2) is 24.3 Å². The van der Waals surface area contributed by atoms with Crippen LogP contribution in [0.1, 0.15) is 12.0 Å². The Morgan fingerprint density at radius 3 is 2.63 bits per heavy atom. The van der Waals surface area contributed by atoms with Crippen molar-refractivity contribution < 1.29 is 27.4 Å². The first-order valence-corrected chi connectivity index (χ1v) is 5.57. The summed E-state index contributed by atoms with van der Waals surface area (Å²) in [7, 11) is 0. The molecule has 2 N–H and O–H groups in total. The van der Waals surface area contributed by atoms with E-state index in [4.69, 9.17) is 5.73 Å². The van der Waals surface area contributed by atoms with Crippen LogP contribution >= 0.6 is 0 Å². The number of carbonyl (C=O) groups excluding carboxylic acids is 1. The van der Waals surface area contributed by atoms with E-state index in [1.54, 1.807) is 24.3 Å². The van der Waals surface area contributed by atoms with Gasteiger partial charge in [0.1, 0.15) is 6.61 Å². The molecule has 0 spiro atoms. The zero-order chi connectivity index (χ0) is 14.3. The number of ether oxygens (including phenoxy) is 2. The van der Waals surface area contributed by atoms with Crippen LogP contribution in [-0.4, -0.2) is 25.5 Å². The maximum atomic E-state index is 11.6. The van der Waals surface area contributed by atoms with E-state index in [1.165, 1.54) is 0 Å². The molecular weight excluding hydrogens is 263 g/mol. The summed E-state index contributed by atoms with van der Waals surface area (Å²) in [5.41, 5.74) is 7.02. The monoisotopic (exact) mass is 277 g/mol. The van der Waals surface area contributed by atoms with Gasteiger partial charge in [-0.15, -0.1) is 13.2 Å². The van der Waals surface area contributed by atoms with Gasteiger partial charge in [-0.3, -0.25) is 9.53 Å².